The van der Waals surface area contributed by atoms with Crippen molar-refractivity contribution >= 4 is 17.6 Å². The van der Waals surface area contributed by atoms with Crippen molar-refractivity contribution in [1.82, 2.24) is 15.2 Å². The van der Waals surface area contributed by atoms with Crippen molar-refractivity contribution in [3.05, 3.63) is 83.7 Å². The molecule has 1 fully saturated rings. The standard InChI is InChI=1S/C27H31N5O/c1-26(2,3)20-11-9-17(10-12-20)23-24(33)32(5)25(29)31-27(23,4)21-13-19(15-30-16-21)18-7-6-8-22(28)14-18/h6-16,23H,28H2,1-5H3,(H2,29,31)/t23-,27-/m1/s1. The Morgan fingerprint density at radius 2 is 1.76 bits per heavy atom. The molecule has 33 heavy (non-hydrogen) atoms. The third-order valence-corrected chi connectivity index (χ3v) is 6.54. The predicted molar refractivity (Wildman–Crippen MR) is 133 cm³/mol. The van der Waals surface area contributed by atoms with Crippen molar-refractivity contribution in [2.24, 2.45) is 0 Å². The highest BCUT2D eigenvalue weighted by atomic mass is 16.2. The third kappa shape index (κ3) is 4.09. The Kier molecular flexibility index (Phi) is 5.48. The zero-order valence-corrected chi connectivity index (χ0v) is 19.8. The second-order valence-electron chi connectivity index (χ2n) is 9.97. The van der Waals surface area contributed by atoms with Crippen LogP contribution in [0.4, 0.5) is 5.69 Å². The van der Waals surface area contributed by atoms with Gasteiger partial charge in [0.2, 0.25) is 5.91 Å². The smallest absolute Gasteiger partial charge is 0.239 e. The van der Waals surface area contributed by atoms with Gasteiger partial charge in [0.15, 0.2) is 5.96 Å². The number of carbonyl (C=O) groups excluding carboxylic acids is 1. The lowest BCUT2D eigenvalue weighted by molar-refractivity contribution is -0.131. The Labute approximate surface area is 195 Å². The molecule has 6 nitrogen and oxygen atoms in total. The maximum atomic E-state index is 13.5. The minimum atomic E-state index is -0.854. The summed E-state index contributed by atoms with van der Waals surface area (Å²) in [5, 5.41) is 11.7. The number of pyridine rings is 1. The van der Waals surface area contributed by atoms with Crippen molar-refractivity contribution in [3.8, 4) is 11.1 Å². The molecule has 1 amide bonds. The van der Waals surface area contributed by atoms with Crippen molar-refractivity contribution in [2.45, 2.75) is 44.6 Å². The molecule has 170 valence electrons. The normalized spacial score (nSPS) is 21.1. The van der Waals surface area contributed by atoms with E-state index in [0.717, 1.165) is 22.3 Å². The van der Waals surface area contributed by atoms with Crippen LogP contribution in [0.3, 0.4) is 0 Å². The van der Waals surface area contributed by atoms with Crippen LogP contribution in [0.25, 0.3) is 11.1 Å². The average Bonchev–Trinajstić information content (AvgIpc) is 2.77. The summed E-state index contributed by atoms with van der Waals surface area (Å²) in [5.41, 5.74) is 10.6. The lowest BCUT2D eigenvalue weighted by atomic mass is 9.73. The number of amides is 1. The number of anilines is 1. The van der Waals surface area contributed by atoms with E-state index in [0.29, 0.717) is 5.69 Å². The molecule has 0 unspecified atom stereocenters. The van der Waals surface area contributed by atoms with Gasteiger partial charge in [-0.1, -0.05) is 57.2 Å². The number of rotatable bonds is 3. The maximum absolute atomic E-state index is 13.5. The lowest BCUT2D eigenvalue weighted by Crippen LogP contribution is -2.62. The first-order valence-electron chi connectivity index (χ1n) is 11.1. The third-order valence-electron chi connectivity index (χ3n) is 6.54. The van der Waals surface area contributed by atoms with E-state index in [2.05, 4.69) is 43.2 Å². The molecule has 1 aromatic heterocycles. The van der Waals surface area contributed by atoms with Gasteiger partial charge in [0.25, 0.3) is 0 Å². The minimum Gasteiger partial charge on any atom is -0.399 e. The maximum Gasteiger partial charge on any atom is 0.239 e. The van der Waals surface area contributed by atoms with Crippen LogP contribution in [-0.2, 0) is 15.7 Å². The summed E-state index contributed by atoms with van der Waals surface area (Å²) in [6.07, 6.45) is 3.56. The second-order valence-corrected chi connectivity index (χ2v) is 9.97. The average molecular weight is 442 g/mol. The highest BCUT2D eigenvalue weighted by molar-refractivity contribution is 6.02. The first-order chi connectivity index (χ1) is 15.5. The molecular formula is C27H31N5O. The Morgan fingerprint density at radius 1 is 1.06 bits per heavy atom. The summed E-state index contributed by atoms with van der Waals surface area (Å²) in [7, 11) is 1.63. The van der Waals surface area contributed by atoms with Crippen molar-refractivity contribution < 1.29 is 4.79 Å². The molecule has 0 radical (unpaired) electrons. The number of hydrogen-bond acceptors (Lipinski definition) is 4. The predicted octanol–water partition coefficient (Wildman–Crippen LogP) is 4.62. The molecule has 2 heterocycles. The number of carbonyl (C=O) groups is 1. The fourth-order valence-electron chi connectivity index (χ4n) is 4.44. The van der Waals surface area contributed by atoms with Gasteiger partial charge in [-0.2, -0.15) is 0 Å². The molecule has 1 aliphatic rings. The molecule has 0 aliphatic carbocycles. The monoisotopic (exact) mass is 441 g/mol. The number of likely N-dealkylation sites (N-methyl/N-ethyl adjacent to an activating group) is 1. The number of nitrogens with one attached hydrogen (secondary N) is 2. The van der Waals surface area contributed by atoms with Gasteiger partial charge >= 0.3 is 0 Å². The van der Waals surface area contributed by atoms with Gasteiger partial charge in [0.05, 0.1) is 11.5 Å². The highest BCUT2D eigenvalue weighted by Crippen LogP contribution is 2.42. The molecule has 4 rings (SSSR count). The number of nitrogens with two attached hydrogens (primary N) is 1. The van der Waals surface area contributed by atoms with E-state index in [9.17, 15) is 4.79 Å². The van der Waals surface area contributed by atoms with Crippen LogP contribution in [-0.4, -0.2) is 28.8 Å². The molecule has 4 N–H and O–H groups in total. The number of benzene rings is 2. The summed E-state index contributed by atoms with van der Waals surface area (Å²) >= 11 is 0. The van der Waals surface area contributed by atoms with Crippen molar-refractivity contribution in [2.75, 3.05) is 12.8 Å². The lowest BCUT2D eigenvalue weighted by Gasteiger charge is -2.45. The van der Waals surface area contributed by atoms with Crippen LogP contribution in [0.15, 0.2) is 67.0 Å². The van der Waals surface area contributed by atoms with Crippen LogP contribution in [0, 0.1) is 5.41 Å². The van der Waals surface area contributed by atoms with Gasteiger partial charge in [-0.3, -0.25) is 20.1 Å². The van der Waals surface area contributed by atoms with Crippen LogP contribution in [0.2, 0.25) is 0 Å². The fourth-order valence-corrected chi connectivity index (χ4v) is 4.44. The highest BCUT2D eigenvalue weighted by Gasteiger charge is 2.48. The Morgan fingerprint density at radius 3 is 2.39 bits per heavy atom. The molecule has 2 aromatic carbocycles. The second kappa shape index (κ2) is 8.03. The van der Waals surface area contributed by atoms with Crippen LogP contribution >= 0.6 is 0 Å². The summed E-state index contributed by atoms with van der Waals surface area (Å²) in [6.45, 7) is 8.47. The summed E-state index contributed by atoms with van der Waals surface area (Å²) in [6, 6.07) is 17.9. The van der Waals surface area contributed by atoms with Gasteiger partial charge in [-0.25, -0.2) is 0 Å². The molecular weight excluding hydrogens is 410 g/mol. The number of guanidine groups is 1. The van der Waals surface area contributed by atoms with E-state index in [-0.39, 0.29) is 17.3 Å². The molecule has 0 bridgehead atoms. The zero-order chi connectivity index (χ0) is 24.0. The molecule has 2 atom stereocenters. The van der Waals surface area contributed by atoms with E-state index in [1.165, 1.54) is 10.5 Å². The van der Waals surface area contributed by atoms with Gasteiger partial charge in [0, 0.05) is 30.7 Å². The number of nitrogens with zero attached hydrogens (tertiary/aromatic N) is 2. The molecule has 6 heteroatoms. The van der Waals surface area contributed by atoms with Crippen molar-refractivity contribution in [1.29, 1.82) is 5.41 Å². The molecule has 3 aromatic rings. The molecule has 0 spiro atoms. The van der Waals surface area contributed by atoms with Gasteiger partial charge < -0.3 is 11.1 Å². The van der Waals surface area contributed by atoms with Crippen molar-refractivity contribution in [3.63, 3.8) is 0 Å². The largest absolute Gasteiger partial charge is 0.399 e. The minimum absolute atomic E-state index is 0.0192. The van der Waals surface area contributed by atoms with E-state index < -0.39 is 11.5 Å². The zero-order valence-electron chi connectivity index (χ0n) is 19.8. The Hall–Kier alpha value is -3.67. The first-order valence-corrected chi connectivity index (χ1v) is 11.1. The first kappa shape index (κ1) is 22.5. The van der Waals surface area contributed by atoms with Crippen LogP contribution in [0.1, 0.15) is 50.3 Å². The Bertz CT molecular complexity index is 1210. The number of hydrogen-bond donors (Lipinski definition) is 3. The quantitative estimate of drug-likeness (QED) is 0.517. The SMILES string of the molecule is CN1C(=N)N[C@](C)(c2cncc(-c3cccc(N)c3)c2)[C@H](c2ccc(C(C)(C)C)cc2)C1=O. The topological polar surface area (TPSA) is 95.1 Å². The summed E-state index contributed by atoms with van der Waals surface area (Å²) < 4.78 is 0. The summed E-state index contributed by atoms with van der Waals surface area (Å²) in [4.78, 5) is 19.4. The molecule has 1 aliphatic heterocycles. The van der Waals surface area contributed by atoms with E-state index in [1.54, 1.807) is 19.4 Å². The fraction of sp³-hybridized carbons (Fsp3) is 0.296. The number of aromatic nitrogens is 1. The van der Waals surface area contributed by atoms with Crippen LogP contribution in [0.5, 0.6) is 0 Å². The van der Waals surface area contributed by atoms with E-state index in [4.69, 9.17) is 11.1 Å². The van der Waals surface area contributed by atoms with Gasteiger partial charge in [-0.15, -0.1) is 0 Å². The number of nitrogen functional groups attached to an aromatic ring is 1. The van der Waals surface area contributed by atoms with Gasteiger partial charge in [0.1, 0.15) is 0 Å². The van der Waals surface area contributed by atoms with E-state index in [1.807, 2.05) is 49.4 Å². The summed E-state index contributed by atoms with van der Waals surface area (Å²) in [5.74, 6) is -0.581. The van der Waals surface area contributed by atoms with Crippen LogP contribution < -0.4 is 11.1 Å². The molecule has 1 saturated heterocycles. The van der Waals surface area contributed by atoms with E-state index >= 15 is 0 Å². The molecule has 0 saturated carbocycles. The Balaban J connectivity index is 1.83. The van der Waals surface area contributed by atoms with Gasteiger partial charge in [-0.05, 0) is 52.8 Å².